The van der Waals surface area contributed by atoms with Gasteiger partial charge in [0, 0.05) is 21.9 Å². The van der Waals surface area contributed by atoms with Gasteiger partial charge in [-0.15, -0.1) is 0 Å². The highest BCUT2D eigenvalue weighted by molar-refractivity contribution is 6.86. The zero-order chi connectivity index (χ0) is 43.9. The summed E-state index contributed by atoms with van der Waals surface area (Å²) in [6, 6.07) is 27.4. The molecule has 0 amide bonds. The molecule has 3 atom stereocenters. The molecule has 0 heterocycles. The van der Waals surface area contributed by atoms with Gasteiger partial charge in [-0.2, -0.15) is 29.7 Å². The van der Waals surface area contributed by atoms with Crippen LogP contribution in [0.4, 0.5) is 0 Å². The van der Waals surface area contributed by atoms with Crippen molar-refractivity contribution in [1.29, 1.82) is 0 Å². The molecule has 0 saturated heterocycles. The average molecular weight is 847 g/mol. The Labute approximate surface area is 368 Å². The van der Waals surface area contributed by atoms with Gasteiger partial charge in [-0.3, -0.25) is 0 Å². The van der Waals surface area contributed by atoms with E-state index in [4.69, 9.17) is 29.7 Å². The molecule has 0 aliphatic heterocycles. The number of nitrogens with zero attached hydrogens (tertiary/aromatic N) is 6. The lowest BCUT2D eigenvalue weighted by molar-refractivity contribution is 0.444. The van der Waals surface area contributed by atoms with Crippen molar-refractivity contribution in [2.24, 2.45) is 29.7 Å². The maximum Gasteiger partial charge on any atom is 0.524 e. The Balaban J connectivity index is 1.75. The highest BCUT2D eigenvalue weighted by Crippen LogP contribution is 2.38. The summed E-state index contributed by atoms with van der Waals surface area (Å²) >= 11 is 0. The van der Waals surface area contributed by atoms with Gasteiger partial charge in [0.2, 0.25) is 0 Å². The molecular formula is C51H74N6O3Si. The van der Waals surface area contributed by atoms with Crippen LogP contribution in [0.25, 0.3) is 0 Å². The van der Waals surface area contributed by atoms with Crippen LogP contribution in [0, 0.1) is 0 Å². The molecule has 0 spiro atoms. The minimum atomic E-state index is -3.75. The minimum absolute atomic E-state index is 0.135. The summed E-state index contributed by atoms with van der Waals surface area (Å²) < 4.78 is 14.8. The number of phenolic OH excluding ortho intramolecular Hbond substituents is 3. The molecule has 61 heavy (non-hydrogen) atoms. The van der Waals surface area contributed by atoms with Crippen LogP contribution in [0.3, 0.4) is 0 Å². The predicted molar refractivity (Wildman–Crippen MR) is 253 cm³/mol. The van der Waals surface area contributed by atoms with E-state index in [1.807, 2.05) is 84.9 Å². The molecule has 0 fully saturated rings. The van der Waals surface area contributed by atoms with Crippen LogP contribution in [0.2, 0.25) is 0 Å². The smallest absolute Gasteiger partial charge is 0.507 e. The Bertz CT molecular complexity index is 1780. The van der Waals surface area contributed by atoms with Gasteiger partial charge in [0.25, 0.3) is 0 Å². The summed E-state index contributed by atoms with van der Waals surface area (Å²) in [5, 5.41) is 49.5. The summed E-state index contributed by atoms with van der Waals surface area (Å²) in [6.07, 6.45) is 16.3. The van der Waals surface area contributed by atoms with Crippen LogP contribution < -0.4 is 5.19 Å². The largest absolute Gasteiger partial charge is 0.524 e. The van der Waals surface area contributed by atoms with Gasteiger partial charge < -0.3 is 15.3 Å². The molecule has 3 N–H and O–H groups in total. The number of hydrogen-bond acceptors (Lipinski definition) is 9. The highest BCUT2D eigenvalue weighted by atomic mass is 28.4. The molecule has 0 saturated carbocycles. The number of unbranched alkanes of at least 4 members (excludes halogenated alkanes) is 6. The second-order valence-electron chi connectivity index (χ2n) is 16.6. The number of aromatic hydroxyl groups is 3. The maximum atomic E-state index is 11.5. The molecule has 0 bridgehead atoms. The number of para-hydroxylation sites is 3. The third-order valence-corrected chi connectivity index (χ3v) is 14.6. The zero-order valence-corrected chi connectivity index (χ0v) is 39.1. The summed E-state index contributed by atoms with van der Waals surface area (Å²) in [5.41, 5.74) is 4.93. The van der Waals surface area contributed by atoms with Gasteiger partial charge in [0.05, 0.1) is 19.6 Å². The summed E-state index contributed by atoms with van der Waals surface area (Å²) in [7, 11) is -3.75. The Morgan fingerprint density at radius 1 is 0.410 bits per heavy atom. The minimum Gasteiger partial charge on any atom is -0.507 e. The molecule has 0 aliphatic rings. The fraction of sp³-hybridized carbons (Fsp3) is 0.529. The summed E-state index contributed by atoms with van der Waals surface area (Å²) in [4.78, 5) is 0. The molecule has 330 valence electrons. The first-order valence-electron chi connectivity index (χ1n) is 23.4. The first-order valence-corrected chi connectivity index (χ1v) is 25.2. The van der Waals surface area contributed by atoms with Gasteiger partial charge in [-0.25, -0.2) is 0 Å². The normalized spacial score (nSPS) is 14.5. The van der Waals surface area contributed by atoms with Crippen molar-refractivity contribution in [3.8, 4) is 17.2 Å². The van der Waals surface area contributed by atoms with Crippen molar-refractivity contribution in [3.05, 3.63) is 118 Å². The second-order valence-corrected chi connectivity index (χ2v) is 19.0. The highest BCUT2D eigenvalue weighted by Gasteiger charge is 2.40. The zero-order valence-electron chi connectivity index (χ0n) is 38.1. The van der Waals surface area contributed by atoms with E-state index in [0.29, 0.717) is 16.7 Å². The van der Waals surface area contributed by atoms with E-state index >= 15 is 0 Å². The third-order valence-electron chi connectivity index (χ3n) is 12.2. The quantitative estimate of drug-likeness (QED) is 0.0298. The lowest BCUT2D eigenvalue weighted by atomic mass is 9.89. The van der Waals surface area contributed by atoms with Crippen molar-refractivity contribution < 1.29 is 15.3 Å². The standard InChI is InChI=1S/C51H74N6O3Si/c1-7-13-17-25-39(10-4)46-33-22-28-42(49(46)58)36-52-55-61(45-31-20-16-21-32-45,56-53-37-43-29-23-34-47(50(43)59)40(11-5)26-18-14-8-2)57-54-38-44-30-24-35-48(51(44)60)41(12-6)27-19-15-9-3/h16,20-24,28-35,39-41,58-60H,7-15,17-19,25-27,36-38H2,1-6H3/b55-52-,56-53-,57-54-. The van der Waals surface area contributed by atoms with E-state index < -0.39 is 8.56 Å². The van der Waals surface area contributed by atoms with Crippen molar-refractivity contribution in [2.45, 2.75) is 175 Å². The summed E-state index contributed by atoms with van der Waals surface area (Å²) in [6.45, 7) is 13.6. The van der Waals surface area contributed by atoms with Gasteiger partial charge in [-0.05, 0) is 73.0 Å². The maximum absolute atomic E-state index is 11.5. The Kier molecular flexibility index (Phi) is 21.3. The molecule has 0 radical (unpaired) electrons. The van der Waals surface area contributed by atoms with E-state index in [0.717, 1.165) is 98.9 Å². The van der Waals surface area contributed by atoms with Gasteiger partial charge in [0.15, 0.2) is 0 Å². The molecule has 3 unspecified atom stereocenters. The Hall–Kier alpha value is -4.70. The second kappa shape index (κ2) is 26.6. The van der Waals surface area contributed by atoms with Gasteiger partial charge >= 0.3 is 8.56 Å². The van der Waals surface area contributed by atoms with E-state index in [2.05, 4.69) is 41.5 Å². The van der Waals surface area contributed by atoms with Gasteiger partial charge in [0.1, 0.15) is 17.2 Å². The first-order chi connectivity index (χ1) is 29.8. The predicted octanol–water partition coefficient (Wildman–Crippen LogP) is 15.1. The van der Waals surface area contributed by atoms with Crippen molar-refractivity contribution in [3.63, 3.8) is 0 Å². The van der Waals surface area contributed by atoms with Crippen LogP contribution in [0.1, 0.15) is 189 Å². The number of hydrogen-bond donors (Lipinski definition) is 3. The lowest BCUT2D eigenvalue weighted by Crippen LogP contribution is -2.42. The molecule has 0 aromatic heterocycles. The van der Waals surface area contributed by atoms with Crippen molar-refractivity contribution in [1.82, 2.24) is 0 Å². The average Bonchev–Trinajstić information content (AvgIpc) is 3.28. The van der Waals surface area contributed by atoms with Crippen LogP contribution in [-0.4, -0.2) is 23.9 Å². The van der Waals surface area contributed by atoms with Gasteiger partial charge in [-0.1, -0.05) is 184 Å². The number of phenols is 3. The van der Waals surface area contributed by atoms with E-state index in [1.54, 1.807) is 0 Å². The monoisotopic (exact) mass is 847 g/mol. The number of benzene rings is 4. The topological polar surface area (TPSA) is 135 Å². The van der Waals surface area contributed by atoms with Crippen LogP contribution in [0.5, 0.6) is 17.2 Å². The fourth-order valence-corrected chi connectivity index (χ4v) is 10.3. The lowest BCUT2D eigenvalue weighted by Gasteiger charge is -2.19. The van der Waals surface area contributed by atoms with Crippen LogP contribution >= 0.6 is 0 Å². The fourth-order valence-electron chi connectivity index (χ4n) is 8.39. The molecule has 4 aromatic rings. The molecule has 4 aromatic carbocycles. The molecular weight excluding hydrogens is 773 g/mol. The molecule has 9 nitrogen and oxygen atoms in total. The number of rotatable bonds is 28. The Morgan fingerprint density at radius 3 is 1.03 bits per heavy atom. The van der Waals surface area contributed by atoms with Crippen molar-refractivity contribution in [2.75, 3.05) is 0 Å². The third kappa shape index (κ3) is 14.2. The summed E-state index contributed by atoms with van der Waals surface area (Å²) in [5.74, 6) is 1.60. The van der Waals surface area contributed by atoms with Crippen LogP contribution in [-0.2, 0) is 19.6 Å². The van der Waals surface area contributed by atoms with Crippen LogP contribution in [0.15, 0.2) is 115 Å². The van der Waals surface area contributed by atoms with E-state index in [1.165, 1.54) is 19.3 Å². The Morgan fingerprint density at radius 2 is 0.738 bits per heavy atom. The molecule has 10 heteroatoms. The van der Waals surface area contributed by atoms with E-state index in [-0.39, 0.29) is 54.6 Å². The molecule has 4 rings (SSSR count). The molecule has 0 aliphatic carbocycles. The van der Waals surface area contributed by atoms with Crippen molar-refractivity contribution >= 4 is 13.7 Å². The SMILES string of the molecule is CCCCCC(CC)c1cccc(C/N=N\[Si](/N=N\Cc2cccc(C(CC)CCCCC)c2O)(/N=N\Cc2cccc(C(CC)CCCCC)c2O)c2ccccc2)c1O. The first kappa shape index (κ1) is 49.0. The van der Waals surface area contributed by atoms with E-state index in [9.17, 15) is 15.3 Å².